The zero-order valence-electron chi connectivity index (χ0n) is 12.8. The molecule has 1 aromatic rings. The van der Waals surface area contributed by atoms with Crippen LogP contribution in [0, 0.1) is 10.1 Å². The van der Waals surface area contributed by atoms with Gasteiger partial charge in [-0.2, -0.15) is 4.72 Å². The number of nitrogens with zero attached hydrogens (tertiary/aromatic N) is 2. The molecule has 10 nitrogen and oxygen atoms in total. The maximum absolute atomic E-state index is 12.4. The molecule has 2 atom stereocenters. The van der Waals surface area contributed by atoms with Gasteiger partial charge in [-0.05, 0) is 19.9 Å². The lowest BCUT2D eigenvalue weighted by Crippen LogP contribution is -2.74. The van der Waals surface area contributed by atoms with E-state index in [0.29, 0.717) is 0 Å². The minimum absolute atomic E-state index is 0.154. The SMILES string of the molecule is C[C@@H](C(=O)O)N1C[C@@](C)(NS(=O)(=O)c2ccccc2[N+](=O)[O-])C1=O. The summed E-state index contributed by atoms with van der Waals surface area (Å²) in [5.74, 6) is -1.92. The standard InChI is InChI=1S/C13H15N3O7S/c1-8(11(17)18)15-7-13(2,12(15)19)14-24(22,23)10-6-4-3-5-9(10)16(20)21/h3-6,8,14H,7H2,1-2H3,(H,17,18)/t8-,13+/m0/s1. The van der Waals surface area contributed by atoms with Crippen molar-refractivity contribution in [2.24, 2.45) is 0 Å². The van der Waals surface area contributed by atoms with Gasteiger partial charge in [-0.1, -0.05) is 12.1 Å². The summed E-state index contributed by atoms with van der Waals surface area (Å²) in [6.07, 6.45) is 0. The second kappa shape index (κ2) is 5.83. The van der Waals surface area contributed by atoms with Gasteiger partial charge in [0.05, 0.1) is 4.92 Å². The van der Waals surface area contributed by atoms with E-state index in [1.165, 1.54) is 26.0 Å². The van der Waals surface area contributed by atoms with Gasteiger partial charge < -0.3 is 10.0 Å². The topological polar surface area (TPSA) is 147 Å². The molecule has 0 saturated carbocycles. The van der Waals surface area contributed by atoms with E-state index in [1.54, 1.807) is 0 Å². The van der Waals surface area contributed by atoms with Gasteiger partial charge in [0.15, 0.2) is 4.90 Å². The van der Waals surface area contributed by atoms with Gasteiger partial charge in [-0.25, -0.2) is 13.2 Å². The Bertz CT molecular complexity index is 823. The highest BCUT2D eigenvalue weighted by molar-refractivity contribution is 7.89. The van der Waals surface area contributed by atoms with E-state index < -0.39 is 49.0 Å². The van der Waals surface area contributed by atoms with Crippen molar-refractivity contribution in [2.45, 2.75) is 30.3 Å². The van der Waals surface area contributed by atoms with Crippen LogP contribution in [0.4, 0.5) is 5.69 Å². The number of nitrogens with one attached hydrogen (secondary N) is 1. The van der Waals surface area contributed by atoms with E-state index in [4.69, 9.17) is 5.11 Å². The lowest BCUT2D eigenvalue weighted by Gasteiger charge is -2.48. The van der Waals surface area contributed by atoms with Crippen molar-refractivity contribution in [1.82, 2.24) is 9.62 Å². The van der Waals surface area contributed by atoms with E-state index >= 15 is 0 Å². The molecule has 1 fully saturated rings. The number of para-hydroxylation sites is 1. The number of hydrogen-bond donors (Lipinski definition) is 2. The zero-order chi connectivity index (χ0) is 18.3. The number of carboxylic acids is 1. The highest BCUT2D eigenvalue weighted by atomic mass is 32.2. The van der Waals surface area contributed by atoms with Gasteiger partial charge in [0.1, 0.15) is 11.6 Å². The molecule has 1 aliphatic heterocycles. The molecule has 11 heteroatoms. The summed E-state index contributed by atoms with van der Waals surface area (Å²) in [5.41, 5.74) is -2.16. The van der Waals surface area contributed by atoms with Crippen molar-refractivity contribution in [3.05, 3.63) is 34.4 Å². The van der Waals surface area contributed by atoms with E-state index in [2.05, 4.69) is 4.72 Å². The van der Waals surface area contributed by atoms with E-state index in [9.17, 15) is 28.1 Å². The first kappa shape index (κ1) is 17.8. The predicted octanol–water partition coefficient (Wildman–Crippen LogP) is -0.0529. The second-order valence-electron chi connectivity index (χ2n) is 5.61. The maximum atomic E-state index is 12.4. The average molecular weight is 357 g/mol. The van der Waals surface area contributed by atoms with E-state index in [0.717, 1.165) is 17.0 Å². The van der Waals surface area contributed by atoms with Crippen LogP contribution >= 0.6 is 0 Å². The van der Waals surface area contributed by atoms with E-state index in [-0.39, 0.29) is 6.54 Å². The summed E-state index contributed by atoms with van der Waals surface area (Å²) in [4.78, 5) is 33.6. The Morgan fingerprint density at radius 2 is 2.04 bits per heavy atom. The summed E-state index contributed by atoms with van der Waals surface area (Å²) in [7, 11) is -4.34. The predicted molar refractivity (Wildman–Crippen MR) is 80.6 cm³/mol. The fourth-order valence-electron chi connectivity index (χ4n) is 2.41. The molecular weight excluding hydrogens is 342 g/mol. The quantitative estimate of drug-likeness (QED) is 0.412. The van der Waals surface area contributed by atoms with Crippen molar-refractivity contribution in [2.75, 3.05) is 6.54 Å². The number of carbonyl (C=O) groups excluding carboxylic acids is 1. The highest BCUT2D eigenvalue weighted by Crippen LogP contribution is 2.29. The van der Waals surface area contributed by atoms with Crippen LogP contribution < -0.4 is 4.72 Å². The van der Waals surface area contributed by atoms with Gasteiger partial charge in [0, 0.05) is 12.6 Å². The van der Waals surface area contributed by atoms with E-state index in [1.807, 2.05) is 0 Å². The van der Waals surface area contributed by atoms with Crippen molar-refractivity contribution in [3.63, 3.8) is 0 Å². The first-order chi connectivity index (χ1) is 11.0. The Hall–Kier alpha value is -2.53. The Kier molecular flexibility index (Phi) is 4.33. The van der Waals surface area contributed by atoms with Gasteiger partial charge in [0.2, 0.25) is 15.9 Å². The molecule has 0 aromatic heterocycles. The van der Waals surface area contributed by atoms with Crippen LogP contribution in [0.1, 0.15) is 13.8 Å². The molecule has 1 aromatic carbocycles. The molecule has 1 heterocycles. The third-order valence-electron chi connectivity index (χ3n) is 3.76. The second-order valence-corrected chi connectivity index (χ2v) is 7.26. The Morgan fingerprint density at radius 1 is 1.46 bits per heavy atom. The van der Waals surface area contributed by atoms with Crippen LogP contribution in [-0.4, -0.2) is 53.3 Å². The van der Waals surface area contributed by atoms with Crippen molar-refractivity contribution >= 4 is 27.6 Å². The summed E-state index contributed by atoms with van der Waals surface area (Å²) >= 11 is 0. The number of carbonyl (C=O) groups is 2. The number of benzene rings is 1. The summed E-state index contributed by atoms with van der Waals surface area (Å²) in [5, 5.41) is 19.9. The average Bonchev–Trinajstić information content (AvgIpc) is 2.51. The monoisotopic (exact) mass is 357 g/mol. The molecule has 1 saturated heterocycles. The third kappa shape index (κ3) is 2.95. The largest absolute Gasteiger partial charge is 0.480 e. The molecule has 2 rings (SSSR count). The van der Waals surface area contributed by atoms with Crippen molar-refractivity contribution in [1.29, 1.82) is 0 Å². The first-order valence-corrected chi connectivity index (χ1v) is 8.29. The summed E-state index contributed by atoms with van der Waals surface area (Å²) in [6, 6.07) is 3.65. The Labute approximate surface area is 137 Å². The number of rotatable bonds is 6. The van der Waals surface area contributed by atoms with Crippen LogP contribution in [0.25, 0.3) is 0 Å². The molecule has 0 aliphatic carbocycles. The minimum atomic E-state index is -4.34. The number of β-lactam (4-membered cyclic amide) rings is 1. The fourth-order valence-corrected chi connectivity index (χ4v) is 3.95. The minimum Gasteiger partial charge on any atom is -0.480 e. The smallest absolute Gasteiger partial charge is 0.326 e. The first-order valence-electron chi connectivity index (χ1n) is 6.81. The summed E-state index contributed by atoms with van der Waals surface area (Å²) in [6.45, 7) is 2.45. The van der Waals surface area contributed by atoms with Crippen LogP contribution in [0.15, 0.2) is 29.2 Å². The van der Waals surface area contributed by atoms with Gasteiger partial charge in [0.25, 0.3) is 5.69 Å². The number of amides is 1. The van der Waals surface area contributed by atoms with Crippen molar-refractivity contribution < 1.29 is 28.0 Å². The van der Waals surface area contributed by atoms with Crippen LogP contribution in [0.2, 0.25) is 0 Å². The number of sulfonamides is 1. The Morgan fingerprint density at radius 3 is 2.54 bits per heavy atom. The van der Waals surface area contributed by atoms with Gasteiger partial charge >= 0.3 is 5.97 Å². The normalized spacial score (nSPS) is 21.9. The zero-order valence-corrected chi connectivity index (χ0v) is 13.6. The molecule has 24 heavy (non-hydrogen) atoms. The van der Waals surface area contributed by atoms with Crippen LogP contribution in [0.5, 0.6) is 0 Å². The van der Waals surface area contributed by atoms with Crippen LogP contribution in [0.3, 0.4) is 0 Å². The summed E-state index contributed by atoms with van der Waals surface area (Å²) < 4.78 is 27.0. The van der Waals surface area contributed by atoms with Crippen molar-refractivity contribution in [3.8, 4) is 0 Å². The molecule has 1 aliphatic rings. The Balaban J connectivity index is 2.27. The van der Waals surface area contributed by atoms with Crippen LogP contribution in [-0.2, 0) is 19.6 Å². The number of nitro benzene ring substituents is 1. The lowest BCUT2D eigenvalue weighted by atomic mass is 9.90. The maximum Gasteiger partial charge on any atom is 0.326 e. The van der Waals surface area contributed by atoms with Gasteiger partial charge in [-0.15, -0.1) is 0 Å². The number of aliphatic carboxylic acids is 1. The molecule has 0 unspecified atom stereocenters. The van der Waals surface area contributed by atoms with Gasteiger partial charge in [-0.3, -0.25) is 14.9 Å². The number of hydrogen-bond acceptors (Lipinski definition) is 6. The molecular formula is C13H15N3O7S. The number of likely N-dealkylation sites (tertiary alicyclic amines) is 1. The lowest BCUT2D eigenvalue weighted by molar-refractivity contribution is -0.387. The molecule has 2 N–H and O–H groups in total. The molecule has 0 radical (unpaired) electrons. The fraction of sp³-hybridized carbons (Fsp3) is 0.385. The number of carboxylic acid groups (broad SMARTS) is 1. The molecule has 0 bridgehead atoms. The molecule has 130 valence electrons. The third-order valence-corrected chi connectivity index (χ3v) is 5.40. The number of nitro groups is 1. The molecule has 1 amide bonds. The highest BCUT2D eigenvalue weighted by Gasteiger charge is 2.53. The molecule has 0 spiro atoms.